The SMILES string of the molecule is c1ccc(C(c2ccccc2)c2nc(CSc3nnnn3C3CCCCC3)no2)cc1. The molecular formula is C23H24N6OS. The Balaban J connectivity index is 1.34. The Bertz CT molecular complexity index is 1050. The van der Waals surface area contributed by atoms with Crippen LogP contribution in [-0.4, -0.2) is 30.3 Å². The summed E-state index contributed by atoms with van der Waals surface area (Å²) in [5.74, 6) is 1.71. The van der Waals surface area contributed by atoms with Crippen molar-refractivity contribution in [3.8, 4) is 0 Å². The van der Waals surface area contributed by atoms with Crippen molar-refractivity contribution in [1.29, 1.82) is 0 Å². The molecule has 1 aliphatic carbocycles. The molecule has 0 atom stereocenters. The van der Waals surface area contributed by atoms with Gasteiger partial charge in [0.1, 0.15) is 0 Å². The number of hydrogen-bond acceptors (Lipinski definition) is 7. The largest absolute Gasteiger partial charge is 0.338 e. The molecule has 2 heterocycles. The van der Waals surface area contributed by atoms with Crippen molar-refractivity contribution >= 4 is 11.8 Å². The summed E-state index contributed by atoms with van der Waals surface area (Å²) in [7, 11) is 0. The van der Waals surface area contributed by atoms with Gasteiger partial charge in [0, 0.05) is 0 Å². The molecule has 0 spiro atoms. The Morgan fingerprint density at radius 3 is 2.29 bits per heavy atom. The van der Waals surface area contributed by atoms with Crippen LogP contribution in [0.4, 0.5) is 0 Å². The topological polar surface area (TPSA) is 82.5 Å². The Hall–Kier alpha value is -3.00. The fourth-order valence-corrected chi connectivity index (χ4v) is 4.96. The molecule has 0 saturated heterocycles. The first-order chi connectivity index (χ1) is 15.4. The molecule has 2 aromatic heterocycles. The number of rotatable bonds is 7. The smallest absolute Gasteiger partial charge is 0.238 e. The monoisotopic (exact) mass is 432 g/mol. The molecule has 1 aliphatic rings. The molecule has 0 bridgehead atoms. The van der Waals surface area contributed by atoms with E-state index in [0.717, 1.165) is 29.1 Å². The summed E-state index contributed by atoms with van der Waals surface area (Å²) < 4.78 is 7.69. The molecule has 1 saturated carbocycles. The molecule has 0 amide bonds. The van der Waals surface area contributed by atoms with Gasteiger partial charge in [0.15, 0.2) is 5.82 Å². The normalized spacial score (nSPS) is 14.9. The summed E-state index contributed by atoms with van der Waals surface area (Å²) in [5.41, 5.74) is 2.25. The highest BCUT2D eigenvalue weighted by Gasteiger charge is 2.24. The van der Waals surface area contributed by atoms with E-state index in [0.29, 0.717) is 23.5 Å². The van der Waals surface area contributed by atoms with E-state index in [1.54, 1.807) is 11.8 Å². The number of benzene rings is 2. The maximum absolute atomic E-state index is 5.72. The van der Waals surface area contributed by atoms with Crippen molar-refractivity contribution in [3.05, 3.63) is 83.5 Å². The van der Waals surface area contributed by atoms with Gasteiger partial charge in [0.2, 0.25) is 11.0 Å². The first-order valence-corrected chi connectivity index (χ1v) is 11.7. The van der Waals surface area contributed by atoms with Gasteiger partial charge in [-0.15, -0.1) is 5.10 Å². The molecule has 1 fully saturated rings. The summed E-state index contributed by atoms with van der Waals surface area (Å²) in [6, 6.07) is 20.9. The van der Waals surface area contributed by atoms with Gasteiger partial charge >= 0.3 is 0 Å². The maximum atomic E-state index is 5.72. The first-order valence-electron chi connectivity index (χ1n) is 10.7. The van der Waals surface area contributed by atoms with E-state index in [2.05, 4.69) is 44.9 Å². The summed E-state index contributed by atoms with van der Waals surface area (Å²) in [5, 5.41) is 17.4. The van der Waals surface area contributed by atoms with Gasteiger partial charge in [-0.2, -0.15) is 4.98 Å². The van der Waals surface area contributed by atoms with Crippen molar-refractivity contribution < 1.29 is 4.52 Å². The van der Waals surface area contributed by atoms with Crippen LogP contribution in [0.25, 0.3) is 0 Å². The van der Waals surface area contributed by atoms with Gasteiger partial charge in [-0.05, 0) is 34.4 Å². The molecular weight excluding hydrogens is 408 g/mol. The Labute approximate surface area is 185 Å². The predicted octanol–water partition coefficient (Wildman–Crippen LogP) is 5.03. The van der Waals surface area contributed by atoms with Crippen molar-refractivity contribution in [3.63, 3.8) is 0 Å². The zero-order valence-electron chi connectivity index (χ0n) is 17.2. The quantitative estimate of drug-likeness (QED) is 0.379. The van der Waals surface area contributed by atoms with Gasteiger partial charge in [0.05, 0.1) is 17.7 Å². The molecule has 31 heavy (non-hydrogen) atoms. The lowest BCUT2D eigenvalue weighted by Crippen LogP contribution is -2.15. The zero-order valence-corrected chi connectivity index (χ0v) is 18.0. The van der Waals surface area contributed by atoms with Crippen LogP contribution in [0.2, 0.25) is 0 Å². The summed E-state index contributed by atoms with van der Waals surface area (Å²) in [6.45, 7) is 0. The van der Waals surface area contributed by atoms with Crippen molar-refractivity contribution in [1.82, 2.24) is 30.3 Å². The van der Waals surface area contributed by atoms with Crippen LogP contribution in [0.5, 0.6) is 0 Å². The molecule has 4 aromatic rings. The fourth-order valence-electron chi connectivity index (χ4n) is 4.18. The van der Waals surface area contributed by atoms with E-state index in [1.807, 2.05) is 41.1 Å². The van der Waals surface area contributed by atoms with Gasteiger partial charge < -0.3 is 4.52 Å². The maximum Gasteiger partial charge on any atom is 0.238 e. The molecule has 7 nitrogen and oxygen atoms in total. The summed E-state index contributed by atoms with van der Waals surface area (Å²) in [4.78, 5) is 4.73. The van der Waals surface area contributed by atoms with E-state index in [4.69, 9.17) is 9.51 Å². The van der Waals surface area contributed by atoms with Gasteiger partial charge in [-0.25, -0.2) is 4.68 Å². The van der Waals surface area contributed by atoms with E-state index in [9.17, 15) is 0 Å². The number of tetrazole rings is 1. The molecule has 158 valence electrons. The highest BCUT2D eigenvalue weighted by Crippen LogP contribution is 2.33. The second kappa shape index (κ2) is 9.43. The number of aromatic nitrogens is 6. The van der Waals surface area contributed by atoms with Crippen molar-refractivity contribution in [2.45, 2.75) is 55.0 Å². The number of nitrogens with zero attached hydrogens (tertiary/aromatic N) is 6. The molecule has 2 aromatic carbocycles. The number of hydrogen-bond donors (Lipinski definition) is 0. The average molecular weight is 433 g/mol. The van der Waals surface area contributed by atoms with Crippen LogP contribution in [0.1, 0.15) is 66.9 Å². The van der Waals surface area contributed by atoms with Gasteiger partial charge in [0.25, 0.3) is 0 Å². The lowest BCUT2D eigenvalue weighted by atomic mass is 9.91. The van der Waals surface area contributed by atoms with Crippen LogP contribution >= 0.6 is 11.8 Å². The third kappa shape index (κ3) is 4.54. The molecule has 8 heteroatoms. The minimum Gasteiger partial charge on any atom is -0.338 e. The van der Waals surface area contributed by atoms with Crippen LogP contribution in [0.15, 0.2) is 70.3 Å². The highest BCUT2D eigenvalue weighted by atomic mass is 32.2. The lowest BCUT2D eigenvalue weighted by molar-refractivity contribution is 0.307. The molecule has 0 aliphatic heterocycles. The Morgan fingerprint density at radius 2 is 1.61 bits per heavy atom. The third-order valence-electron chi connectivity index (χ3n) is 5.71. The molecule has 0 radical (unpaired) electrons. The van der Waals surface area contributed by atoms with Crippen LogP contribution < -0.4 is 0 Å². The predicted molar refractivity (Wildman–Crippen MR) is 118 cm³/mol. The fraction of sp³-hybridized carbons (Fsp3) is 0.348. The second-order valence-corrected chi connectivity index (χ2v) is 8.73. The molecule has 0 unspecified atom stereocenters. The van der Waals surface area contributed by atoms with Crippen LogP contribution in [0.3, 0.4) is 0 Å². The van der Waals surface area contributed by atoms with Crippen LogP contribution in [0, 0.1) is 0 Å². The first kappa shape index (κ1) is 19.9. The standard InChI is InChI=1S/C23H24N6OS/c1-4-10-17(11-5-1)21(18-12-6-2-7-13-18)22-24-20(26-30-22)16-31-23-25-27-28-29(23)19-14-8-3-9-15-19/h1-2,4-7,10-13,19,21H,3,8-9,14-16H2. The third-order valence-corrected chi connectivity index (χ3v) is 6.64. The van der Waals surface area contributed by atoms with Crippen molar-refractivity contribution in [2.75, 3.05) is 0 Å². The van der Waals surface area contributed by atoms with Crippen molar-refractivity contribution in [2.24, 2.45) is 0 Å². The highest BCUT2D eigenvalue weighted by molar-refractivity contribution is 7.98. The molecule has 0 N–H and O–H groups in total. The second-order valence-electron chi connectivity index (χ2n) is 7.79. The van der Waals surface area contributed by atoms with E-state index >= 15 is 0 Å². The Morgan fingerprint density at radius 1 is 0.935 bits per heavy atom. The minimum atomic E-state index is -0.0961. The van der Waals surface area contributed by atoms with Gasteiger partial charge in [-0.3, -0.25) is 0 Å². The Kier molecular flexibility index (Phi) is 6.06. The van der Waals surface area contributed by atoms with Crippen LogP contribution in [-0.2, 0) is 5.75 Å². The number of thioether (sulfide) groups is 1. The zero-order chi connectivity index (χ0) is 20.9. The molecule has 5 rings (SSSR count). The van der Waals surface area contributed by atoms with E-state index < -0.39 is 0 Å². The van der Waals surface area contributed by atoms with E-state index in [-0.39, 0.29) is 5.92 Å². The van der Waals surface area contributed by atoms with E-state index in [1.165, 1.54) is 19.3 Å². The summed E-state index contributed by atoms with van der Waals surface area (Å²) in [6.07, 6.45) is 6.06. The van der Waals surface area contributed by atoms with Gasteiger partial charge in [-0.1, -0.05) is 96.8 Å². The average Bonchev–Trinajstić information content (AvgIpc) is 3.50. The summed E-state index contributed by atoms with van der Waals surface area (Å²) >= 11 is 1.56. The lowest BCUT2D eigenvalue weighted by Gasteiger charge is -2.21. The minimum absolute atomic E-state index is 0.0961.